The fraction of sp³-hybridized carbons (Fsp3) is 0.269. The molecule has 8 heteroatoms. The molecule has 1 atom stereocenters. The van der Waals surface area contributed by atoms with Gasteiger partial charge >= 0.3 is 0 Å². The molecule has 0 aliphatic heterocycles. The van der Waals surface area contributed by atoms with E-state index >= 15 is 0 Å². The molecule has 1 aliphatic carbocycles. The minimum atomic E-state index is -0.729. The number of nitrogens with zero attached hydrogens (tertiary/aromatic N) is 2. The van der Waals surface area contributed by atoms with Gasteiger partial charge in [-0.05, 0) is 67.0 Å². The largest absolute Gasteiger partial charge is 0.323 e. The van der Waals surface area contributed by atoms with Gasteiger partial charge in [0.1, 0.15) is 10.9 Å². The van der Waals surface area contributed by atoms with Gasteiger partial charge in [-0.15, -0.1) is 11.3 Å². The summed E-state index contributed by atoms with van der Waals surface area (Å²) in [6, 6.07) is 10.6. The molecule has 5 rings (SSSR count). The SMILES string of the molecule is CCC(C(=O)Nc1ccc(Cl)cc1Cl)n1cnc2scc(-c3ccc4c(c3)CCCC4)c2c1=O. The predicted octanol–water partition coefficient (Wildman–Crippen LogP) is 6.90. The third kappa shape index (κ3) is 4.26. The van der Waals surface area contributed by atoms with E-state index in [4.69, 9.17) is 23.2 Å². The van der Waals surface area contributed by atoms with Crippen LogP contribution in [0.3, 0.4) is 0 Å². The van der Waals surface area contributed by atoms with E-state index in [0.29, 0.717) is 32.4 Å². The molecule has 0 radical (unpaired) electrons. The van der Waals surface area contributed by atoms with Crippen molar-refractivity contribution in [3.05, 3.63) is 79.6 Å². The number of benzene rings is 2. The summed E-state index contributed by atoms with van der Waals surface area (Å²) in [6.45, 7) is 1.86. The Bertz CT molecular complexity index is 1460. The molecule has 2 aromatic heterocycles. The summed E-state index contributed by atoms with van der Waals surface area (Å²) in [5, 5.41) is 6.18. The Hall–Kier alpha value is -2.67. The number of halogens is 2. The lowest BCUT2D eigenvalue weighted by Gasteiger charge is -2.18. The van der Waals surface area contributed by atoms with E-state index in [1.165, 1.54) is 46.2 Å². The molecular formula is C26H23Cl2N3O2S. The summed E-state index contributed by atoms with van der Waals surface area (Å²) in [5.41, 5.74) is 4.88. The summed E-state index contributed by atoms with van der Waals surface area (Å²) in [5.74, 6) is -0.333. The number of rotatable bonds is 5. The highest BCUT2D eigenvalue weighted by atomic mass is 35.5. The minimum absolute atomic E-state index is 0.219. The molecule has 0 saturated heterocycles. The van der Waals surface area contributed by atoms with E-state index in [1.54, 1.807) is 18.2 Å². The van der Waals surface area contributed by atoms with Crippen molar-refractivity contribution in [3.63, 3.8) is 0 Å². The fourth-order valence-electron chi connectivity index (χ4n) is 4.60. The Morgan fingerprint density at radius 2 is 1.94 bits per heavy atom. The quantitative estimate of drug-likeness (QED) is 0.316. The number of nitrogens with one attached hydrogen (secondary N) is 1. The van der Waals surface area contributed by atoms with Crippen LogP contribution in [-0.4, -0.2) is 15.5 Å². The first-order valence-electron chi connectivity index (χ1n) is 11.3. The molecule has 4 aromatic rings. The fourth-order valence-corrected chi connectivity index (χ4v) is 5.96. The first-order valence-corrected chi connectivity index (χ1v) is 13.0. The third-order valence-electron chi connectivity index (χ3n) is 6.39. The van der Waals surface area contributed by atoms with Gasteiger partial charge in [0.25, 0.3) is 5.56 Å². The molecule has 0 saturated carbocycles. The Labute approximate surface area is 211 Å². The Balaban J connectivity index is 1.53. The molecular weight excluding hydrogens is 489 g/mol. The Morgan fingerprint density at radius 1 is 1.15 bits per heavy atom. The first kappa shape index (κ1) is 23.1. The maximum atomic E-state index is 13.6. The zero-order valence-corrected chi connectivity index (χ0v) is 20.9. The van der Waals surface area contributed by atoms with Gasteiger partial charge < -0.3 is 5.32 Å². The van der Waals surface area contributed by atoms with Gasteiger partial charge in [0.05, 0.1) is 22.4 Å². The Kier molecular flexibility index (Phi) is 6.47. The summed E-state index contributed by atoms with van der Waals surface area (Å²) in [7, 11) is 0. The van der Waals surface area contributed by atoms with Crippen LogP contribution in [0.2, 0.25) is 10.0 Å². The highest BCUT2D eigenvalue weighted by Gasteiger charge is 2.24. The highest BCUT2D eigenvalue weighted by Crippen LogP contribution is 2.34. The van der Waals surface area contributed by atoms with E-state index in [0.717, 1.165) is 24.0 Å². The molecule has 1 amide bonds. The van der Waals surface area contributed by atoms with E-state index in [2.05, 4.69) is 28.5 Å². The molecule has 2 aromatic carbocycles. The number of hydrogen-bond donors (Lipinski definition) is 1. The van der Waals surface area contributed by atoms with Crippen molar-refractivity contribution in [2.75, 3.05) is 5.32 Å². The van der Waals surface area contributed by atoms with Crippen molar-refractivity contribution in [1.29, 1.82) is 0 Å². The molecule has 1 aliphatic rings. The average molecular weight is 512 g/mol. The van der Waals surface area contributed by atoms with Crippen LogP contribution in [0.1, 0.15) is 43.4 Å². The van der Waals surface area contributed by atoms with Crippen molar-refractivity contribution >= 4 is 56.3 Å². The molecule has 1 N–H and O–H groups in total. The maximum Gasteiger partial charge on any atom is 0.263 e. The molecule has 0 bridgehead atoms. The second-order valence-corrected chi connectivity index (χ2v) is 10.2. The number of aromatic nitrogens is 2. The average Bonchev–Trinajstić information content (AvgIpc) is 3.27. The number of amides is 1. The van der Waals surface area contributed by atoms with Crippen molar-refractivity contribution in [1.82, 2.24) is 9.55 Å². The van der Waals surface area contributed by atoms with Gasteiger partial charge in [0, 0.05) is 16.0 Å². The van der Waals surface area contributed by atoms with Crippen LogP contribution < -0.4 is 10.9 Å². The van der Waals surface area contributed by atoms with Gasteiger partial charge in [-0.3, -0.25) is 14.2 Å². The monoisotopic (exact) mass is 511 g/mol. The number of thiophene rings is 1. The lowest BCUT2D eigenvalue weighted by atomic mass is 9.89. The highest BCUT2D eigenvalue weighted by molar-refractivity contribution is 7.17. The van der Waals surface area contributed by atoms with Crippen LogP contribution in [0.4, 0.5) is 5.69 Å². The van der Waals surface area contributed by atoms with Gasteiger partial charge in [-0.2, -0.15) is 0 Å². The van der Waals surface area contributed by atoms with Crippen LogP contribution in [-0.2, 0) is 17.6 Å². The summed E-state index contributed by atoms with van der Waals surface area (Å²) < 4.78 is 1.43. The van der Waals surface area contributed by atoms with E-state index in [9.17, 15) is 9.59 Å². The summed E-state index contributed by atoms with van der Waals surface area (Å²) in [6.07, 6.45) is 6.49. The zero-order valence-electron chi connectivity index (χ0n) is 18.6. The van der Waals surface area contributed by atoms with Crippen molar-refractivity contribution in [3.8, 4) is 11.1 Å². The van der Waals surface area contributed by atoms with E-state index in [1.807, 2.05) is 12.3 Å². The topological polar surface area (TPSA) is 64.0 Å². The number of carbonyl (C=O) groups is 1. The molecule has 5 nitrogen and oxygen atoms in total. The molecule has 2 heterocycles. The molecule has 0 fully saturated rings. The van der Waals surface area contributed by atoms with E-state index < -0.39 is 6.04 Å². The predicted molar refractivity (Wildman–Crippen MR) is 140 cm³/mol. The maximum absolute atomic E-state index is 13.6. The van der Waals surface area contributed by atoms with Crippen molar-refractivity contribution in [2.45, 2.75) is 45.1 Å². The second-order valence-electron chi connectivity index (χ2n) is 8.51. The first-order chi connectivity index (χ1) is 16.5. The lowest BCUT2D eigenvalue weighted by molar-refractivity contribution is -0.119. The standard InChI is InChI=1S/C26H23Cl2N3O2S/c1-2-22(24(32)30-21-10-9-18(27)12-20(21)28)31-14-29-25-23(26(31)33)19(13-34-25)17-8-7-15-5-3-4-6-16(15)11-17/h7-14,22H,2-6H2,1H3,(H,30,32). The van der Waals surface area contributed by atoms with Gasteiger partial charge in [0.2, 0.25) is 5.91 Å². The molecule has 34 heavy (non-hydrogen) atoms. The van der Waals surface area contributed by atoms with Crippen molar-refractivity contribution in [2.24, 2.45) is 0 Å². The molecule has 174 valence electrons. The third-order valence-corrected chi connectivity index (χ3v) is 7.83. The van der Waals surface area contributed by atoms with Crippen LogP contribution in [0.15, 0.2) is 52.9 Å². The smallest absolute Gasteiger partial charge is 0.263 e. The summed E-state index contributed by atoms with van der Waals surface area (Å²) in [4.78, 5) is 32.0. The van der Waals surface area contributed by atoms with Gasteiger partial charge in [-0.1, -0.05) is 48.3 Å². The number of fused-ring (bicyclic) bond motifs is 2. The minimum Gasteiger partial charge on any atom is -0.323 e. The van der Waals surface area contributed by atoms with Crippen LogP contribution in [0.5, 0.6) is 0 Å². The Morgan fingerprint density at radius 3 is 2.71 bits per heavy atom. The number of anilines is 1. The molecule has 1 unspecified atom stereocenters. The lowest BCUT2D eigenvalue weighted by Crippen LogP contribution is -2.33. The molecule has 0 spiro atoms. The van der Waals surface area contributed by atoms with Crippen LogP contribution >= 0.6 is 34.5 Å². The zero-order chi connectivity index (χ0) is 23.8. The normalized spacial score (nSPS) is 14.1. The van der Waals surface area contributed by atoms with Crippen LogP contribution in [0.25, 0.3) is 21.3 Å². The second kappa shape index (κ2) is 9.53. The van der Waals surface area contributed by atoms with Gasteiger partial charge in [-0.25, -0.2) is 4.98 Å². The van der Waals surface area contributed by atoms with E-state index in [-0.39, 0.29) is 11.5 Å². The number of hydrogen-bond acceptors (Lipinski definition) is 4. The number of aryl methyl sites for hydroxylation is 2. The summed E-state index contributed by atoms with van der Waals surface area (Å²) >= 11 is 13.6. The van der Waals surface area contributed by atoms with Gasteiger partial charge in [0.15, 0.2) is 0 Å². The number of carbonyl (C=O) groups excluding carboxylic acids is 1. The van der Waals surface area contributed by atoms with Crippen molar-refractivity contribution < 1.29 is 4.79 Å². The van der Waals surface area contributed by atoms with Crippen LogP contribution in [0, 0.1) is 0 Å².